The SMILES string of the molecule is CCCCC(O)CCCCCCC(=O)OC. The minimum Gasteiger partial charge on any atom is -0.469 e. The summed E-state index contributed by atoms with van der Waals surface area (Å²) in [6, 6.07) is 0. The topological polar surface area (TPSA) is 46.5 Å². The monoisotopic (exact) mass is 230 g/mol. The van der Waals surface area contributed by atoms with E-state index in [1.807, 2.05) is 0 Å². The molecule has 0 aromatic rings. The first-order valence-electron chi connectivity index (χ1n) is 6.45. The fourth-order valence-corrected chi connectivity index (χ4v) is 1.69. The standard InChI is InChI=1S/C13H26O3/c1-3-4-9-12(14)10-7-5-6-8-11-13(15)16-2/h12,14H,3-11H2,1-2H3. The Bertz CT molecular complexity index is 169. The number of hydrogen-bond donors (Lipinski definition) is 1. The summed E-state index contributed by atoms with van der Waals surface area (Å²) in [4.78, 5) is 10.8. The molecule has 0 saturated carbocycles. The molecular weight excluding hydrogens is 204 g/mol. The molecule has 0 radical (unpaired) electrons. The summed E-state index contributed by atoms with van der Waals surface area (Å²) in [7, 11) is 1.42. The molecule has 1 unspecified atom stereocenters. The van der Waals surface area contributed by atoms with Crippen LogP contribution in [0.1, 0.15) is 64.7 Å². The van der Waals surface area contributed by atoms with Crippen molar-refractivity contribution in [2.45, 2.75) is 70.8 Å². The maximum absolute atomic E-state index is 10.8. The van der Waals surface area contributed by atoms with Gasteiger partial charge in [0.05, 0.1) is 13.2 Å². The molecule has 3 heteroatoms. The van der Waals surface area contributed by atoms with Crippen molar-refractivity contribution in [3.05, 3.63) is 0 Å². The van der Waals surface area contributed by atoms with Gasteiger partial charge < -0.3 is 9.84 Å². The summed E-state index contributed by atoms with van der Waals surface area (Å²) >= 11 is 0. The van der Waals surface area contributed by atoms with Crippen molar-refractivity contribution in [3.63, 3.8) is 0 Å². The summed E-state index contributed by atoms with van der Waals surface area (Å²) in [5, 5.41) is 9.59. The molecule has 0 heterocycles. The van der Waals surface area contributed by atoms with Gasteiger partial charge in [0.1, 0.15) is 0 Å². The molecule has 1 N–H and O–H groups in total. The molecule has 0 spiro atoms. The van der Waals surface area contributed by atoms with Crippen LogP contribution in [0.15, 0.2) is 0 Å². The van der Waals surface area contributed by atoms with Crippen molar-refractivity contribution in [3.8, 4) is 0 Å². The van der Waals surface area contributed by atoms with Crippen LogP contribution in [-0.4, -0.2) is 24.3 Å². The molecule has 0 aliphatic carbocycles. The van der Waals surface area contributed by atoms with Crippen LogP contribution in [-0.2, 0) is 9.53 Å². The number of hydrogen-bond acceptors (Lipinski definition) is 3. The van der Waals surface area contributed by atoms with E-state index >= 15 is 0 Å². The molecule has 0 saturated heterocycles. The number of ether oxygens (including phenoxy) is 1. The van der Waals surface area contributed by atoms with Crippen molar-refractivity contribution >= 4 is 5.97 Å². The van der Waals surface area contributed by atoms with Gasteiger partial charge in [-0.25, -0.2) is 0 Å². The third-order valence-electron chi connectivity index (χ3n) is 2.79. The van der Waals surface area contributed by atoms with Crippen molar-refractivity contribution in [2.24, 2.45) is 0 Å². The molecule has 0 fully saturated rings. The minimum atomic E-state index is -0.124. The Kier molecular flexibility index (Phi) is 10.5. The predicted molar refractivity (Wildman–Crippen MR) is 65.2 cm³/mol. The number of aliphatic hydroxyl groups is 1. The fourth-order valence-electron chi connectivity index (χ4n) is 1.69. The Morgan fingerprint density at radius 1 is 1.12 bits per heavy atom. The van der Waals surface area contributed by atoms with Gasteiger partial charge in [-0.1, -0.05) is 39.0 Å². The normalized spacial score (nSPS) is 12.4. The number of esters is 1. The van der Waals surface area contributed by atoms with E-state index in [1.54, 1.807) is 0 Å². The second-order valence-electron chi connectivity index (χ2n) is 4.33. The number of unbranched alkanes of at least 4 members (excludes halogenated alkanes) is 4. The first-order chi connectivity index (χ1) is 7.70. The summed E-state index contributed by atoms with van der Waals surface area (Å²) in [6.45, 7) is 2.14. The highest BCUT2D eigenvalue weighted by Crippen LogP contribution is 2.11. The maximum Gasteiger partial charge on any atom is 0.305 e. The van der Waals surface area contributed by atoms with Crippen molar-refractivity contribution in [2.75, 3.05) is 7.11 Å². The van der Waals surface area contributed by atoms with E-state index < -0.39 is 0 Å². The van der Waals surface area contributed by atoms with Gasteiger partial charge in [-0.15, -0.1) is 0 Å². The van der Waals surface area contributed by atoms with Gasteiger partial charge in [0.25, 0.3) is 0 Å². The fraction of sp³-hybridized carbons (Fsp3) is 0.923. The highest BCUT2D eigenvalue weighted by molar-refractivity contribution is 5.68. The number of aliphatic hydroxyl groups excluding tert-OH is 1. The van der Waals surface area contributed by atoms with Crippen molar-refractivity contribution in [1.82, 2.24) is 0 Å². The Morgan fingerprint density at radius 3 is 2.38 bits per heavy atom. The lowest BCUT2D eigenvalue weighted by atomic mass is 10.0. The molecule has 96 valence electrons. The Labute approximate surface area is 99.2 Å². The summed E-state index contributed by atoms with van der Waals surface area (Å²) in [5.41, 5.74) is 0. The van der Waals surface area contributed by atoms with E-state index in [4.69, 9.17) is 0 Å². The van der Waals surface area contributed by atoms with Gasteiger partial charge in [-0.3, -0.25) is 4.79 Å². The Hall–Kier alpha value is -0.570. The molecule has 3 nitrogen and oxygen atoms in total. The average molecular weight is 230 g/mol. The van der Waals surface area contributed by atoms with E-state index in [0.717, 1.165) is 51.4 Å². The molecule has 0 aromatic carbocycles. The van der Waals surface area contributed by atoms with Gasteiger partial charge in [0.15, 0.2) is 0 Å². The first kappa shape index (κ1) is 15.4. The largest absolute Gasteiger partial charge is 0.469 e. The molecule has 16 heavy (non-hydrogen) atoms. The van der Waals surface area contributed by atoms with E-state index in [1.165, 1.54) is 7.11 Å². The van der Waals surface area contributed by atoms with Crippen LogP contribution in [0.5, 0.6) is 0 Å². The lowest BCUT2D eigenvalue weighted by Crippen LogP contribution is -2.05. The molecule has 0 rings (SSSR count). The van der Waals surface area contributed by atoms with Gasteiger partial charge in [0.2, 0.25) is 0 Å². The molecule has 0 bridgehead atoms. The average Bonchev–Trinajstić information content (AvgIpc) is 2.30. The molecule has 0 aliphatic rings. The van der Waals surface area contributed by atoms with Crippen LogP contribution < -0.4 is 0 Å². The number of carbonyl (C=O) groups is 1. The van der Waals surface area contributed by atoms with Crippen molar-refractivity contribution in [1.29, 1.82) is 0 Å². The lowest BCUT2D eigenvalue weighted by molar-refractivity contribution is -0.140. The Morgan fingerprint density at radius 2 is 1.75 bits per heavy atom. The maximum atomic E-state index is 10.8. The van der Waals surface area contributed by atoms with Crippen LogP contribution in [0, 0.1) is 0 Å². The van der Waals surface area contributed by atoms with Gasteiger partial charge in [0, 0.05) is 6.42 Å². The Balaban J connectivity index is 3.17. The van der Waals surface area contributed by atoms with Gasteiger partial charge in [-0.05, 0) is 19.3 Å². The second kappa shape index (κ2) is 10.9. The summed E-state index contributed by atoms with van der Waals surface area (Å²) in [6.07, 6.45) is 8.60. The zero-order valence-corrected chi connectivity index (χ0v) is 10.7. The van der Waals surface area contributed by atoms with E-state index in [9.17, 15) is 9.90 Å². The van der Waals surface area contributed by atoms with Crippen molar-refractivity contribution < 1.29 is 14.6 Å². The van der Waals surface area contributed by atoms with Crippen LogP contribution in [0.3, 0.4) is 0 Å². The molecule has 0 aliphatic heterocycles. The summed E-state index contributed by atoms with van der Waals surface area (Å²) in [5.74, 6) is -0.122. The number of methoxy groups -OCH3 is 1. The van der Waals surface area contributed by atoms with Crippen LogP contribution in [0.4, 0.5) is 0 Å². The second-order valence-corrected chi connectivity index (χ2v) is 4.33. The first-order valence-corrected chi connectivity index (χ1v) is 6.45. The van der Waals surface area contributed by atoms with Crippen LogP contribution in [0.2, 0.25) is 0 Å². The van der Waals surface area contributed by atoms with Crippen LogP contribution >= 0.6 is 0 Å². The van der Waals surface area contributed by atoms with E-state index in [-0.39, 0.29) is 12.1 Å². The molecule has 0 amide bonds. The minimum absolute atomic E-state index is 0.122. The van der Waals surface area contributed by atoms with Gasteiger partial charge in [-0.2, -0.15) is 0 Å². The molecule has 1 atom stereocenters. The van der Waals surface area contributed by atoms with Gasteiger partial charge >= 0.3 is 5.97 Å². The number of carbonyl (C=O) groups excluding carboxylic acids is 1. The summed E-state index contributed by atoms with van der Waals surface area (Å²) < 4.78 is 4.56. The highest BCUT2D eigenvalue weighted by Gasteiger charge is 2.03. The highest BCUT2D eigenvalue weighted by atomic mass is 16.5. The zero-order chi connectivity index (χ0) is 12.2. The van der Waals surface area contributed by atoms with E-state index in [2.05, 4.69) is 11.7 Å². The molecular formula is C13H26O3. The third kappa shape index (κ3) is 9.97. The third-order valence-corrected chi connectivity index (χ3v) is 2.79. The smallest absolute Gasteiger partial charge is 0.305 e. The predicted octanol–water partition coefficient (Wildman–Crippen LogP) is 3.05. The van der Waals surface area contributed by atoms with Crippen LogP contribution in [0.25, 0.3) is 0 Å². The zero-order valence-electron chi connectivity index (χ0n) is 10.7. The molecule has 0 aromatic heterocycles. The quantitative estimate of drug-likeness (QED) is 0.463. The lowest BCUT2D eigenvalue weighted by Gasteiger charge is -2.09. The number of rotatable bonds is 10. The van der Waals surface area contributed by atoms with E-state index in [0.29, 0.717) is 6.42 Å².